The summed E-state index contributed by atoms with van der Waals surface area (Å²) in [5.41, 5.74) is 7.21. The molecule has 14 nitrogen and oxygen atoms in total. The van der Waals surface area contributed by atoms with Gasteiger partial charge in [0.05, 0.1) is 34.4 Å². The van der Waals surface area contributed by atoms with Crippen LogP contribution in [0.5, 0.6) is 5.75 Å². The fourth-order valence-electron chi connectivity index (χ4n) is 3.92. The zero-order valence-electron chi connectivity index (χ0n) is 28.3. The Morgan fingerprint density at radius 1 is 0.885 bits per heavy atom. The number of ether oxygens (including phenoxy) is 3. The average Bonchev–Trinajstić information content (AvgIpc) is 3.80. The number of hydrogen-bond donors (Lipinski definition) is 3. The molecule has 0 amide bonds. The van der Waals surface area contributed by atoms with Crippen LogP contribution in [0.2, 0.25) is 0 Å². The van der Waals surface area contributed by atoms with E-state index in [9.17, 15) is 24.0 Å². The van der Waals surface area contributed by atoms with Gasteiger partial charge in [-0.1, -0.05) is 60.7 Å². The van der Waals surface area contributed by atoms with Crippen molar-refractivity contribution in [3.05, 3.63) is 116 Å². The topological polar surface area (TPSA) is 234 Å². The number of thiophene rings is 2. The fraction of sp³-hybridized carbons (Fsp3) is 0.194. The highest BCUT2D eigenvalue weighted by molar-refractivity contribution is 7.17. The number of aliphatic carboxylic acids is 2. The SMILES string of the molecule is CC(=O)c1c(OCc2ccccc2)c(=O)[nH]c2ccsc12.CCOC(=O)C(=O)C(OCc1ccccc1)C(C)=O.O=C([O-])C(=O)O.[NH3+]c1ccsc1. The molecule has 16 heteroatoms. The molecule has 3 aromatic heterocycles. The highest BCUT2D eigenvalue weighted by Gasteiger charge is 2.31. The Hall–Kier alpha value is -5.81. The van der Waals surface area contributed by atoms with Crippen molar-refractivity contribution in [3.63, 3.8) is 0 Å². The van der Waals surface area contributed by atoms with E-state index >= 15 is 0 Å². The minimum absolute atomic E-state index is 0.0773. The van der Waals surface area contributed by atoms with Crippen LogP contribution in [-0.2, 0) is 46.7 Å². The normalized spacial score (nSPS) is 10.5. The van der Waals surface area contributed by atoms with E-state index in [0.29, 0.717) is 11.1 Å². The van der Waals surface area contributed by atoms with E-state index < -0.39 is 35.6 Å². The summed E-state index contributed by atoms with van der Waals surface area (Å²) in [5.74, 6) is -6.61. The molecule has 5 N–H and O–H groups in total. The van der Waals surface area contributed by atoms with E-state index in [1.54, 1.807) is 36.5 Å². The molecule has 0 spiro atoms. The zero-order valence-corrected chi connectivity index (χ0v) is 30.0. The van der Waals surface area contributed by atoms with Crippen molar-refractivity contribution >= 4 is 73.8 Å². The first-order valence-corrected chi connectivity index (χ1v) is 17.0. The molecule has 0 bridgehead atoms. The van der Waals surface area contributed by atoms with Crippen molar-refractivity contribution in [3.8, 4) is 5.75 Å². The van der Waals surface area contributed by atoms with E-state index in [-0.39, 0.29) is 36.9 Å². The van der Waals surface area contributed by atoms with Gasteiger partial charge in [0.25, 0.3) is 11.3 Å². The minimum atomic E-state index is -2.07. The molecule has 0 aliphatic carbocycles. The Bertz CT molecular complexity index is 1980. The summed E-state index contributed by atoms with van der Waals surface area (Å²) in [5, 5.41) is 22.2. The number of esters is 1. The molecule has 0 saturated carbocycles. The Kier molecular flexibility index (Phi) is 18.0. The third-order valence-corrected chi connectivity index (χ3v) is 7.91. The van der Waals surface area contributed by atoms with Crippen molar-refractivity contribution in [1.29, 1.82) is 0 Å². The highest BCUT2D eigenvalue weighted by Crippen LogP contribution is 2.28. The Labute approximate surface area is 305 Å². The van der Waals surface area contributed by atoms with Gasteiger partial charge in [0, 0.05) is 6.07 Å². The van der Waals surface area contributed by atoms with Crippen LogP contribution in [0.3, 0.4) is 0 Å². The molecule has 1 unspecified atom stereocenters. The number of H-pyrrole nitrogens is 1. The lowest BCUT2D eigenvalue weighted by Crippen LogP contribution is -2.39. The largest absolute Gasteiger partial charge is 0.539 e. The molecule has 1 atom stereocenters. The van der Waals surface area contributed by atoms with Crippen LogP contribution in [0, 0.1) is 0 Å². The second kappa shape index (κ2) is 22.1. The number of nitrogens with one attached hydrogen (secondary N) is 1. The molecule has 0 radical (unpaired) electrons. The number of aromatic amines is 1. The first-order chi connectivity index (χ1) is 24.8. The quantitative estimate of drug-likeness (QED) is 0.0764. The molecule has 0 fully saturated rings. The van der Waals surface area contributed by atoms with E-state index in [1.807, 2.05) is 70.7 Å². The van der Waals surface area contributed by atoms with Crippen LogP contribution in [0.15, 0.2) is 93.7 Å². The number of rotatable bonds is 11. The second-order valence-electron chi connectivity index (χ2n) is 10.2. The number of carbonyl (C=O) groups excluding carboxylic acids is 5. The number of benzene rings is 2. The van der Waals surface area contributed by atoms with Crippen molar-refractivity contribution in [2.75, 3.05) is 6.61 Å². The standard InChI is InChI=1S/C16H13NO3S.C14H16O5.C4H5NS.C2H2O4/c1-10(18)13-14(20-9-11-5-3-2-4-6-11)16(19)17-12-7-8-21-15(12)13;1-3-18-14(17)12(16)13(10(2)15)19-9-11-7-5-4-6-8-11;5-4-1-2-6-3-4;3-1(4)2(5)6/h2-8H,9H2,1H3,(H,17,19);4-8,13H,3,9H2,1-2H3;1-3H,5H2;(H,3,4)(H,5,6). The average molecular weight is 753 g/mol. The molecule has 5 aromatic rings. The van der Waals surface area contributed by atoms with E-state index in [1.165, 1.54) is 25.2 Å². The van der Waals surface area contributed by atoms with Crippen LogP contribution in [-0.4, -0.2) is 58.1 Å². The zero-order chi connectivity index (χ0) is 38.6. The number of pyridine rings is 1. The summed E-state index contributed by atoms with van der Waals surface area (Å²) in [6.45, 7) is 4.64. The number of aromatic nitrogens is 1. The van der Waals surface area contributed by atoms with Crippen LogP contribution >= 0.6 is 22.7 Å². The fourth-order valence-corrected chi connectivity index (χ4v) is 5.44. The lowest BCUT2D eigenvalue weighted by Gasteiger charge is -2.13. The molecule has 52 heavy (non-hydrogen) atoms. The number of Topliss-reactive ketones (excluding diaryl/α,β-unsaturated/α-hetero) is 3. The number of ketones is 3. The summed E-state index contributed by atoms with van der Waals surface area (Å²) < 4.78 is 16.2. The predicted octanol–water partition coefficient (Wildman–Crippen LogP) is 3.11. The van der Waals surface area contributed by atoms with Crippen molar-refractivity contribution in [2.24, 2.45) is 0 Å². The van der Waals surface area contributed by atoms with E-state index in [2.05, 4.69) is 15.5 Å². The molecule has 2 aromatic carbocycles. The van der Waals surface area contributed by atoms with Gasteiger partial charge in [-0.25, -0.2) is 9.59 Å². The summed E-state index contributed by atoms with van der Waals surface area (Å²) in [6, 6.07) is 22.4. The highest BCUT2D eigenvalue weighted by atomic mass is 32.1. The van der Waals surface area contributed by atoms with Crippen molar-refractivity contribution < 1.29 is 58.9 Å². The number of carbonyl (C=O) groups is 6. The summed E-state index contributed by atoms with van der Waals surface area (Å²) in [4.78, 5) is 79.2. The van der Waals surface area contributed by atoms with Gasteiger partial charge < -0.3 is 39.9 Å². The van der Waals surface area contributed by atoms with Gasteiger partial charge in [-0.3, -0.25) is 19.2 Å². The Morgan fingerprint density at radius 3 is 1.90 bits per heavy atom. The van der Waals surface area contributed by atoms with Gasteiger partial charge in [-0.15, -0.1) is 22.7 Å². The molecule has 0 saturated heterocycles. The maximum Gasteiger partial charge on any atom is 0.377 e. The first-order valence-electron chi connectivity index (χ1n) is 15.2. The van der Waals surface area contributed by atoms with Gasteiger partial charge in [0.15, 0.2) is 29.4 Å². The minimum Gasteiger partial charge on any atom is -0.539 e. The van der Waals surface area contributed by atoms with Gasteiger partial charge in [-0.05, 0) is 48.7 Å². The predicted molar refractivity (Wildman–Crippen MR) is 190 cm³/mol. The molecular formula is C36H36N2O12S2. The van der Waals surface area contributed by atoms with Crippen LogP contribution in [0.25, 0.3) is 10.2 Å². The molecule has 0 aliphatic rings. The monoisotopic (exact) mass is 752 g/mol. The smallest absolute Gasteiger partial charge is 0.377 e. The van der Waals surface area contributed by atoms with Gasteiger partial charge in [0.2, 0.25) is 0 Å². The molecular weight excluding hydrogens is 717 g/mol. The lowest BCUT2D eigenvalue weighted by atomic mass is 10.1. The Balaban J connectivity index is 0.000000275. The molecule has 274 valence electrons. The first kappa shape index (κ1) is 42.4. The molecule has 5 rings (SSSR count). The number of fused-ring (bicyclic) bond motifs is 1. The number of hydrogen-bond acceptors (Lipinski definition) is 13. The number of carboxylic acid groups (broad SMARTS) is 2. The van der Waals surface area contributed by atoms with Gasteiger partial charge >= 0.3 is 11.9 Å². The number of carboxylic acids is 2. The van der Waals surface area contributed by atoms with Gasteiger partial charge in [0.1, 0.15) is 12.3 Å². The van der Waals surface area contributed by atoms with E-state index in [4.69, 9.17) is 29.3 Å². The van der Waals surface area contributed by atoms with Crippen LogP contribution in [0.1, 0.15) is 42.3 Å². The molecule has 0 aliphatic heterocycles. The third-order valence-electron chi connectivity index (χ3n) is 6.25. The van der Waals surface area contributed by atoms with Gasteiger partial charge in [-0.2, -0.15) is 0 Å². The van der Waals surface area contributed by atoms with E-state index in [0.717, 1.165) is 21.5 Å². The maximum atomic E-state index is 12.1. The Morgan fingerprint density at radius 2 is 1.46 bits per heavy atom. The van der Waals surface area contributed by atoms with Crippen molar-refractivity contribution in [1.82, 2.24) is 4.98 Å². The van der Waals surface area contributed by atoms with Crippen LogP contribution < -0.4 is 21.1 Å². The van der Waals surface area contributed by atoms with Crippen molar-refractivity contribution in [2.45, 2.75) is 40.1 Å². The summed E-state index contributed by atoms with van der Waals surface area (Å²) >= 11 is 3.09. The summed E-state index contributed by atoms with van der Waals surface area (Å²) in [7, 11) is 0. The molecule has 3 heterocycles. The summed E-state index contributed by atoms with van der Waals surface area (Å²) in [6.07, 6.45) is -1.40. The van der Waals surface area contributed by atoms with Crippen LogP contribution in [0.4, 0.5) is 5.69 Å². The maximum absolute atomic E-state index is 12.1. The lowest BCUT2D eigenvalue weighted by molar-refractivity contribution is -0.303. The second-order valence-corrected chi connectivity index (χ2v) is 11.9. The third kappa shape index (κ3) is 14.2. The number of quaternary nitrogens is 1.